The molecule has 0 aliphatic carbocycles. The Hall–Kier alpha value is -1.46. The number of nitrogens with one attached hydrogen (secondary N) is 2. The Bertz CT molecular complexity index is 426. The number of rotatable bonds is 4. The van der Waals surface area contributed by atoms with Crippen molar-refractivity contribution in [2.75, 3.05) is 25.7 Å². The Morgan fingerprint density at radius 3 is 2.83 bits per heavy atom. The van der Waals surface area contributed by atoms with Crippen LogP contribution in [0.2, 0.25) is 0 Å². The topological polar surface area (TPSA) is 59.6 Å². The van der Waals surface area contributed by atoms with E-state index in [4.69, 9.17) is 9.47 Å². The first-order chi connectivity index (χ1) is 8.20. The summed E-state index contributed by atoms with van der Waals surface area (Å²) in [6, 6.07) is 5.37. The number of fused-ring (bicyclic) bond motifs is 1. The number of carbonyl (C=O) groups is 1. The van der Waals surface area contributed by atoms with E-state index in [9.17, 15) is 4.79 Å². The lowest BCUT2D eigenvalue weighted by atomic mass is 10.1. The number of carbonyl (C=O) groups excluding carboxylic acids is 1. The molecule has 18 heavy (non-hydrogen) atoms. The average molecular weight is 273 g/mol. The van der Waals surface area contributed by atoms with Gasteiger partial charge in [-0.25, -0.2) is 0 Å². The second-order valence-corrected chi connectivity index (χ2v) is 4.02. The standard InChI is InChI=1S/C12H16N2O3.ClH/c1-8(6-13-2)12(15)14-9-3-4-10-11(5-9)17-7-16-10;/h3-5,8,13H,6-7H2,1-2H3,(H,14,15);1H. The highest BCUT2D eigenvalue weighted by atomic mass is 35.5. The smallest absolute Gasteiger partial charge is 0.231 e. The molecule has 2 rings (SSSR count). The van der Waals surface area contributed by atoms with Crippen LogP contribution in [-0.4, -0.2) is 26.3 Å². The van der Waals surface area contributed by atoms with Crippen LogP contribution in [-0.2, 0) is 4.79 Å². The minimum atomic E-state index is -0.0783. The molecule has 1 aliphatic heterocycles. The lowest BCUT2D eigenvalue weighted by Gasteiger charge is -2.11. The number of benzene rings is 1. The van der Waals surface area contributed by atoms with Gasteiger partial charge in [-0.15, -0.1) is 12.4 Å². The van der Waals surface area contributed by atoms with Crippen molar-refractivity contribution in [2.24, 2.45) is 5.92 Å². The predicted molar refractivity (Wildman–Crippen MR) is 71.5 cm³/mol. The van der Waals surface area contributed by atoms with Crippen LogP contribution in [0.3, 0.4) is 0 Å². The largest absolute Gasteiger partial charge is 0.454 e. The first-order valence-electron chi connectivity index (χ1n) is 5.56. The maximum atomic E-state index is 11.8. The molecular formula is C12H17ClN2O3. The van der Waals surface area contributed by atoms with E-state index in [1.54, 1.807) is 18.2 Å². The summed E-state index contributed by atoms with van der Waals surface area (Å²) in [5.41, 5.74) is 0.724. The Morgan fingerprint density at radius 1 is 1.39 bits per heavy atom. The van der Waals surface area contributed by atoms with Crippen molar-refractivity contribution in [3.63, 3.8) is 0 Å². The number of amides is 1. The second-order valence-electron chi connectivity index (χ2n) is 4.02. The van der Waals surface area contributed by atoms with Crippen molar-refractivity contribution in [3.8, 4) is 11.5 Å². The van der Waals surface area contributed by atoms with Crippen LogP contribution in [0.25, 0.3) is 0 Å². The summed E-state index contributed by atoms with van der Waals surface area (Å²) in [4.78, 5) is 11.8. The molecule has 5 nitrogen and oxygen atoms in total. The molecule has 1 aliphatic rings. The molecule has 0 fully saturated rings. The highest BCUT2D eigenvalue weighted by molar-refractivity contribution is 5.92. The highest BCUT2D eigenvalue weighted by Crippen LogP contribution is 2.34. The molecule has 1 unspecified atom stereocenters. The monoisotopic (exact) mass is 272 g/mol. The van der Waals surface area contributed by atoms with Crippen molar-refractivity contribution < 1.29 is 14.3 Å². The summed E-state index contributed by atoms with van der Waals surface area (Å²) in [6.45, 7) is 2.76. The Balaban J connectivity index is 0.00000162. The zero-order valence-corrected chi connectivity index (χ0v) is 11.2. The van der Waals surface area contributed by atoms with Crippen molar-refractivity contribution >= 4 is 24.0 Å². The molecule has 2 N–H and O–H groups in total. The molecule has 1 aromatic carbocycles. The summed E-state index contributed by atoms with van der Waals surface area (Å²) >= 11 is 0. The fourth-order valence-corrected chi connectivity index (χ4v) is 1.64. The van der Waals surface area contributed by atoms with Crippen LogP contribution in [0.15, 0.2) is 18.2 Å². The zero-order valence-electron chi connectivity index (χ0n) is 10.4. The van der Waals surface area contributed by atoms with E-state index in [1.807, 2.05) is 14.0 Å². The number of halogens is 1. The van der Waals surface area contributed by atoms with Gasteiger partial charge in [0.05, 0.1) is 0 Å². The van der Waals surface area contributed by atoms with Gasteiger partial charge in [-0.1, -0.05) is 6.92 Å². The van der Waals surface area contributed by atoms with E-state index in [1.165, 1.54) is 0 Å². The third-order valence-corrected chi connectivity index (χ3v) is 2.60. The van der Waals surface area contributed by atoms with Crippen LogP contribution in [0.1, 0.15) is 6.92 Å². The molecule has 1 aromatic rings. The van der Waals surface area contributed by atoms with Crippen LogP contribution in [0.4, 0.5) is 5.69 Å². The molecule has 0 spiro atoms. The van der Waals surface area contributed by atoms with Gasteiger partial charge in [0.25, 0.3) is 0 Å². The SMILES string of the molecule is CNCC(C)C(=O)Nc1ccc2c(c1)OCO2.Cl. The normalized spacial score (nSPS) is 13.7. The minimum absolute atomic E-state index is 0. The van der Waals surface area contributed by atoms with E-state index >= 15 is 0 Å². The summed E-state index contributed by atoms with van der Waals surface area (Å²) in [7, 11) is 1.82. The highest BCUT2D eigenvalue weighted by Gasteiger charge is 2.16. The van der Waals surface area contributed by atoms with Gasteiger partial charge in [0.2, 0.25) is 12.7 Å². The van der Waals surface area contributed by atoms with Gasteiger partial charge < -0.3 is 20.1 Å². The predicted octanol–water partition coefficient (Wildman–Crippen LogP) is 1.63. The molecule has 0 saturated carbocycles. The third kappa shape index (κ3) is 3.27. The first kappa shape index (κ1) is 14.6. The summed E-state index contributed by atoms with van der Waals surface area (Å²) in [6.07, 6.45) is 0. The van der Waals surface area contributed by atoms with Gasteiger partial charge in [0, 0.05) is 24.2 Å². The maximum absolute atomic E-state index is 11.8. The quantitative estimate of drug-likeness (QED) is 0.875. The lowest BCUT2D eigenvalue weighted by molar-refractivity contribution is -0.119. The Kier molecular flexibility index (Phi) is 5.25. The van der Waals surface area contributed by atoms with E-state index in [0.717, 1.165) is 5.69 Å². The molecule has 0 saturated heterocycles. The molecule has 1 amide bonds. The third-order valence-electron chi connectivity index (χ3n) is 2.60. The van der Waals surface area contributed by atoms with E-state index in [2.05, 4.69) is 10.6 Å². The summed E-state index contributed by atoms with van der Waals surface area (Å²) in [5, 5.41) is 5.81. The molecule has 0 bridgehead atoms. The van der Waals surface area contributed by atoms with Gasteiger partial charge in [-0.05, 0) is 19.2 Å². The lowest BCUT2D eigenvalue weighted by Crippen LogP contribution is -2.28. The summed E-state index contributed by atoms with van der Waals surface area (Å²) < 4.78 is 10.4. The van der Waals surface area contributed by atoms with Crippen molar-refractivity contribution in [2.45, 2.75) is 6.92 Å². The first-order valence-corrected chi connectivity index (χ1v) is 5.56. The molecule has 100 valence electrons. The van der Waals surface area contributed by atoms with Gasteiger partial charge in [0.15, 0.2) is 11.5 Å². The van der Waals surface area contributed by atoms with Crippen LogP contribution >= 0.6 is 12.4 Å². The van der Waals surface area contributed by atoms with Gasteiger partial charge >= 0.3 is 0 Å². The van der Waals surface area contributed by atoms with E-state index in [-0.39, 0.29) is 31.0 Å². The van der Waals surface area contributed by atoms with Gasteiger partial charge in [-0.2, -0.15) is 0 Å². The minimum Gasteiger partial charge on any atom is -0.454 e. The number of anilines is 1. The zero-order chi connectivity index (χ0) is 12.3. The van der Waals surface area contributed by atoms with Crippen LogP contribution < -0.4 is 20.1 Å². The van der Waals surface area contributed by atoms with Crippen molar-refractivity contribution in [1.29, 1.82) is 0 Å². The van der Waals surface area contributed by atoms with E-state index < -0.39 is 0 Å². The average Bonchev–Trinajstić information content (AvgIpc) is 2.76. The van der Waals surface area contributed by atoms with Crippen molar-refractivity contribution in [3.05, 3.63) is 18.2 Å². The van der Waals surface area contributed by atoms with Crippen LogP contribution in [0, 0.1) is 5.92 Å². The van der Waals surface area contributed by atoms with Gasteiger partial charge in [0.1, 0.15) is 0 Å². The van der Waals surface area contributed by atoms with Gasteiger partial charge in [-0.3, -0.25) is 4.79 Å². The molecular weight excluding hydrogens is 256 g/mol. The molecule has 1 heterocycles. The Morgan fingerprint density at radius 2 is 2.11 bits per heavy atom. The molecule has 1 atom stereocenters. The van der Waals surface area contributed by atoms with Crippen molar-refractivity contribution in [1.82, 2.24) is 5.32 Å². The molecule has 0 aromatic heterocycles. The number of ether oxygens (including phenoxy) is 2. The Labute approximate surface area is 112 Å². The fraction of sp³-hybridized carbons (Fsp3) is 0.417. The summed E-state index contributed by atoms with van der Waals surface area (Å²) in [5.74, 6) is 1.29. The van der Waals surface area contributed by atoms with E-state index in [0.29, 0.717) is 18.0 Å². The number of hydrogen-bond donors (Lipinski definition) is 2. The molecule has 6 heteroatoms. The number of hydrogen-bond acceptors (Lipinski definition) is 4. The molecule has 0 radical (unpaired) electrons. The fourth-order valence-electron chi connectivity index (χ4n) is 1.64. The maximum Gasteiger partial charge on any atom is 0.231 e. The second kappa shape index (κ2) is 6.47. The van der Waals surface area contributed by atoms with Crippen LogP contribution in [0.5, 0.6) is 11.5 Å².